The fourth-order valence-corrected chi connectivity index (χ4v) is 2.68. The topological polar surface area (TPSA) is 48.1 Å². The summed E-state index contributed by atoms with van der Waals surface area (Å²) < 4.78 is 16.4. The van der Waals surface area contributed by atoms with E-state index < -0.39 is 0 Å². The Kier molecular flexibility index (Phi) is 4.21. The Balaban J connectivity index is 1.68. The van der Waals surface area contributed by atoms with Crippen LogP contribution in [0.1, 0.15) is 47.0 Å². The van der Waals surface area contributed by atoms with Crippen LogP contribution in [0.3, 0.4) is 0 Å². The lowest BCUT2D eigenvalue weighted by Crippen LogP contribution is -2.37. The largest absolute Gasteiger partial charge is 0.463 e. The monoisotopic (exact) mass is 270 g/mol. The first kappa shape index (κ1) is 14.8. The third-order valence-corrected chi connectivity index (χ3v) is 4.25. The fourth-order valence-electron chi connectivity index (χ4n) is 2.68. The standard InChI is InChI=1S/C15H26O4/c1-11(2)10-17-7-8-18-13(16)14(3)5-6-15(4)12(9-14)19-15/h11-12H,5-10H2,1-4H3. The number of carbonyl (C=O) groups is 1. The second-order valence-electron chi connectivity index (χ2n) is 6.79. The van der Waals surface area contributed by atoms with Gasteiger partial charge in [0.1, 0.15) is 6.61 Å². The minimum atomic E-state index is -0.376. The average Bonchev–Trinajstić information content (AvgIpc) is 2.98. The Morgan fingerprint density at radius 1 is 1.32 bits per heavy atom. The summed E-state index contributed by atoms with van der Waals surface area (Å²) in [7, 11) is 0. The quantitative estimate of drug-likeness (QED) is 0.423. The molecular weight excluding hydrogens is 244 g/mol. The van der Waals surface area contributed by atoms with E-state index in [4.69, 9.17) is 14.2 Å². The number of esters is 1. The maximum Gasteiger partial charge on any atom is 0.311 e. The van der Waals surface area contributed by atoms with Crippen LogP contribution in [0.2, 0.25) is 0 Å². The first-order valence-corrected chi connectivity index (χ1v) is 7.28. The Labute approximate surface area is 115 Å². The maximum atomic E-state index is 12.2. The molecule has 0 amide bonds. The van der Waals surface area contributed by atoms with E-state index in [1.165, 1.54) is 0 Å². The zero-order valence-corrected chi connectivity index (χ0v) is 12.5. The number of hydrogen-bond acceptors (Lipinski definition) is 4. The lowest BCUT2D eigenvalue weighted by atomic mass is 9.72. The van der Waals surface area contributed by atoms with Crippen molar-refractivity contribution in [3.63, 3.8) is 0 Å². The lowest BCUT2D eigenvalue weighted by Gasteiger charge is -2.31. The Morgan fingerprint density at radius 2 is 2.05 bits per heavy atom. The molecule has 110 valence electrons. The lowest BCUT2D eigenvalue weighted by molar-refractivity contribution is -0.158. The van der Waals surface area contributed by atoms with E-state index in [1.807, 2.05) is 6.92 Å². The van der Waals surface area contributed by atoms with E-state index in [2.05, 4.69) is 20.8 Å². The van der Waals surface area contributed by atoms with E-state index >= 15 is 0 Å². The predicted molar refractivity (Wildman–Crippen MR) is 71.9 cm³/mol. The highest BCUT2D eigenvalue weighted by atomic mass is 16.6. The van der Waals surface area contributed by atoms with Crippen molar-refractivity contribution in [2.45, 2.75) is 58.7 Å². The highest BCUT2D eigenvalue weighted by Gasteiger charge is 2.60. The van der Waals surface area contributed by atoms with Gasteiger partial charge in [0.25, 0.3) is 0 Å². The van der Waals surface area contributed by atoms with Gasteiger partial charge in [-0.25, -0.2) is 0 Å². The highest BCUT2D eigenvalue weighted by Crippen LogP contribution is 2.53. The van der Waals surface area contributed by atoms with E-state index in [-0.39, 0.29) is 23.1 Å². The summed E-state index contributed by atoms with van der Waals surface area (Å²) in [5.74, 6) is 0.412. The van der Waals surface area contributed by atoms with Gasteiger partial charge in [0.2, 0.25) is 0 Å². The number of ether oxygens (including phenoxy) is 3. The molecule has 0 bridgehead atoms. The van der Waals surface area contributed by atoms with Gasteiger partial charge in [-0.15, -0.1) is 0 Å². The Bertz CT molecular complexity index is 341. The maximum absolute atomic E-state index is 12.2. The number of fused-ring (bicyclic) bond motifs is 1. The van der Waals surface area contributed by atoms with Crippen molar-refractivity contribution in [2.75, 3.05) is 19.8 Å². The molecule has 0 aromatic carbocycles. The van der Waals surface area contributed by atoms with Crippen LogP contribution in [-0.2, 0) is 19.0 Å². The van der Waals surface area contributed by atoms with Crippen LogP contribution >= 0.6 is 0 Å². The van der Waals surface area contributed by atoms with Crippen LogP contribution in [0, 0.1) is 11.3 Å². The molecule has 19 heavy (non-hydrogen) atoms. The van der Waals surface area contributed by atoms with Crippen molar-refractivity contribution < 1.29 is 19.0 Å². The summed E-state index contributed by atoms with van der Waals surface area (Å²) in [6, 6.07) is 0. The van der Waals surface area contributed by atoms with Crippen LogP contribution in [0.5, 0.6) is 0 Å². The third kappa shape index (κ3) is 3.48. The molecule has 1 aliphatic heterocycles. The van der Waals surface area contributed by atoms with Gasteiger partial charge in [0.15, 0.2) is 0 Å². The predicted octanol–water partition coefficient (Wildman–Crippen LogP) is 2.55. The molecule has 1 saturated carbocycles. The average molecular weight is 270 g/mol. The number of carbonyl (C=O) groups excluding carboxylic acids is 1. The fraction of sp³-hybridized carbons (Fsp3) is 0.933. The van der Waals surface area contributed by atoms with Crippen molar-refractivity contribution in [1.82, 2.24) is 0 Å². The third-order valence-electron chi connectivity index (χ3n) is 4.25. The van der Waals surface area contributed by atoms with Gasteiger partial charge in [-0.05, 0) is 39.0 Å². The summed E-state index contributed by atoms with van der Waals surface area (Å²) >= 11 is 0. The van der Waals surface area contributed by atoms with E-state index in [0.717, 1.165) is 19.3 Å². The van der Waals surface area contributed by atoms with Crippen LogP contribution in [0.4, 0.5) is 0 Å². The molecule has 4 heteroatoms. The SMILES string of the molecule is CC(C)COCCOC(=O)C1(C)CCC2(C)OC2C1. The molecule has 2 fully saturated rings. The van der Waals surface area contributed by atoms with Crippen molar-refractivity contribution in [3.05, 3.63) is 0 Å². The molecule has 0 N–H and O–H groups in total. The van der Waals surface area contributed by atoms with Crippen molar-refractivity contribution in [3.8, 4) is 0 Å². The zero-order valence-electron chi connectivity index (χ0n) is 12.5. The number of epoxide rings is 1. The summed E-state index contributed by atoms with van der Waals surface area (Å²) in [6.07, 6.45) is 2.84. The summed E-state index contributed by atoms with van der Waals surface area (Å²) in [6.45, 7) is 9.86. The second-order valence-corrected chi connectivity index (χ2v) is 6.79. The summed E-state index contributed by atoms with van der Waals surface area (Å²) in [5.41, 5.74) is -0.334. The van der Waals surface area contributed by atoms with Crippen LogP contribution in [0.15, 0.2) is 0 Å². The van der Waals surface area contributed by atoms with Gasteiger partial charge in [-0.2, -0.15) is 0 Å². The van der Waals surface area contributed by atoms with Gasteiger partial charge in [0.05, 0.1) is 23.7 Å². The highest BCUT2D eigenvalue weighted by molar-refractivity contribution is 5.76. The Hall–Kier alpha value is -0.610. The molecule has 1 aliphatic carbocycles. The van der Waals surface area contributed by atoms with Crippen molar-refractivity contribution in [2.24, 2.45) is 11.3 Å². The molecule has 3 atom stereocenters. The van der Waals surface area contributed by atoms with Crippen LogP contribution in [0.25, 0.3) is 0 Å². The zero-order chi connectivity index (χ0) is 14.1. The van der Waals surface area contributed by atoms with Gasteiger partial charge < -0.3 is 14.2 Å². The summed E-state index contributed by atoms with van der Waals surface area (Å²) in [5, 5.41) is 0. The van der Waals surface area contributed by atoms with Crippen LogP contribution < -0.4 is 0 Å². The minimum absolute atomic E-state index is 0.0418. The normalized spacial score (nSPS) is 37.0. The van der Waals surface area contributed by atoms with E-state index in [1.54, 1.807) is 0 Å². The molecule has 4 nitrogen and oxygen atoms in total. The molecule has 2 rings (SSSR count). The van der Waals surface area contributed by atoms with E-state index in [0.29, 0.717) is 25.7 Å². The number of rotatable bonds is 6. The molecule has 0 aromatic heterocycles. The summed E-state index contributed by atoms with van der Waals surface area (Å²) in [4.78, 5) is 12.2. The smallest absolute Gasteiger partial charge is 0.311 e. The van der Waals surface area contributed by atoms with E-state index in [9.17, 15) is 4.79 Å². The van der Waals surface area contributed by atoms with Gasteiger partial charge >= 0.3 is 5.97 Å². The van der Waals surface area contributed by atoms with Gasteiger partial charge in [-0.1, -0.05) is 13.8 Å². The van der Waals surface area contributed by atoms with Gasteiger partial charge in [-0.3, -0.25) is 4.79 Å². The molecule has 0 aromatic rings. The minimum Gasteiger partial charge on any atom is -0.463 e. The van der Waals surface area contributed by atoms with Crippen molar-refractivity contribution in [1.29, 1.82) is 0 Å². The molecule has 0 radical (unpaired) electrons. The number of hydrogen-bond donors (Lipinski definition) is 0. The molecular formula is C15H26O4. The molecule has 1 heterocycles. The molecule has 0 spiro atoms. The van der Waals surface area contributed by atoms with Crippen molar-refractivity contribution >= 4 is 5.97 Å². The first-order valence-electron chi connectivity index (χ1n) is 7.28. The van der Waals surface area contributed by atoms with Gasteiger partial charge in [0, 0.05) is 6.61 Å². The second kappa shape index (κ2) is 5.41. The molecule has 3 unspecified atom stereocenters. The first-order chi connectivity index (χ1) is 8.86. The Morgan fingerprint density at radius 3 is 2.68 bits per heavy atom. The van der Waals surface area contributed by atoms with Crippen LogP contribution in [-0.4, -0.2) is 37.5 Å². The molecule has 2 aliphatic rings. The molecule has 1 saturated heterocycles.